The van der Waals surface area contributed by atoms with Gasteiger partial charge in [0.2, 0.25) is 0 Å². The Bertz CT molecular complexity index is 667. The summed E-state index contributed by atoms with van der Waals surface area (Å²) in [7, 11) is 0. The lowest BCUT2D eigenvalue weighted by Crippen LogP contribution is -2.52. The first-order valence-electron chi connectivity index (χ1n) is 9.91. The third-order valence-corrected chi connectivity index (χ3v) is 5.30. The quantitative estimate of drug-likeness (QED) is 0.452. The van der Waals surface area contributed by atoms with Crippen molar-refractivity contribution in [2.75, 3.05) is 11.9 Å². The molecule has 1 aromatic carbocycles. The minimum Gasteiger partial charge on any atom is -0.492 e. The standard InChI is InChI=1S/C22H37N3O3/c1-10-28-19-14-12-11-13-18(19)23-20(15-24(26)27)25(16(2)21(4,5)6)17(3)22(7,8)9/h11-17,23H,10H2,1-9H3/b20-15+. The maximum atomic E-state index is 11.5. The van der Waals surface area contributed by atoms with Gasteiger partial charge in [0, 0.05) is 12.1 Å². The number of ether oxygens (including phenoxy) is 1. The van der Waals surface area contributed by atoms with E-state index < -0.39 is 4.92 Å². The Kier molecular flexibility index (Phi) is 7.91. The Morgan fingerprint density at radius 2 is 1.64 bits per heavy atom. The zero-order valence-corrected chi connectivity index (χ0v) is 18.9. The first-order valence-corrected chi connectivity index (χ1v) is 9.91. The summed E-state index contributed by atoms with van der Waals surface area (Å²) in [6, 6.07) is 7.62. The van der Waals surface area contributed by atoms with Crippen LogP contribution in [0.3, 0.4) is 0 Å². The fourth-order valence-electron chi connectivity index (χ4n) is 2.84. The van der Waals surface area contributed by atoms with Gasteiger partial charge in [0.25, 0.3) is 6.20 Å². The zero-order valence-electron chi connectivity index (χ0n) is 18.9. The predicted molar refractivity (Wildman–Crippen MR) is 116 cm³/mol. The van der Waals surface area contributed by atoms with Gasteiger partial charge in [0.15, 0.2) is 5.82 Å². The van der Waals surface area contributed by atoms with Crippen LogP contribution in [-0.4, -0.2) is 28.5 Å². The lowest BCUT2D eigenvalue weighted by Gasteiger charge is -2.47. The molecule has 0 aromatic heterocycles. The smallest absolute Gasteiger partial charge is 0.274 e. The van der Waals surface area contributed by atoms with Crippen molar-refractivity contribution >= 4 is 5.69 Å². The fourth-order valence-corrected chi connectivity index (χ4v) is 2.84. The van der Waals surface area contributed by atoms with Crippen LogP contribution in [0.5, 0.6) is 5.75 Å². The van der Waals surface area contributed by atoms with Crippen LogP contribution in [0.1, 0.15) is 62.3 Å². The van der Waals surface area contributed by atoms with Crippen molar-refractivity contribution in [2.45, 2.75) is 74.4 Å². The Labute approximate surface area is 170 Å². The summed E-state index contributed by atoms with van der Waals surface area (Å²) in [5.74, 6) is 1.13. The van der Waals surface area contributed by atoms with Crippen LogP contribution in [0.4, 0.5) is 5.69 Å². The van der Waals surface area contributed by atoms with Gasteiger partial charge in [-0.1, -0.05) is 53.7 Å². The Morgan fingerprint density at radius 3 is 2.07 bits per heavy atom. The average molecular weight is 392 g/mol. The van der Waals surface area contributed by atoms with E-state index in [-0.39, 0.29) is 22.9 Å². The van der Waals surface area contributed by atoms with E-state index in [2.05, 4.69) is 65.6 Å². The third-order valence-electron chi connectivity index (χ3n) is 5.30. The molecule has 2 unspecified atom stereocenters. The number of anilines is 1. The number of nitro groups is 1. The van der Waals surface area contributed by atoms with Crippen LogP contribution >= 0.6 is 0 Å². The molecule has 0 amide bonds. The number of rotatable bonds is 8. The van der Waals surface area contributed by atoms with Crippen LogP contribution in [0, 0.1) is 20.9 Å². The molecule has 0 heterocycles. The van der Waals surface area contributed by atoms with Gasteiger partial charge < -0.3 is 15.0 Å². The molecule has 28 heavy (non-hydrogen) atoms. The van der Waals surface area contributed by atoms with Gasteiger partial charge >= 0.3 is 0 Å². The summed E-state index contributed by atoms with van der Waals surface area (Å²) < 4.78 is 5.70. The van der Waals surface area contributed by atoms with E-state index >= 15 is 0 Å². The summed E-state index contributed by atoms with van der Waals surface area (Å²) >= 11 is 0. The molecule has 0 aliphatic rings. The lowest BCUT2D eigenvalue weighted by atomic mass is 9.81. The summed E-state index contributed by atoms with van der Waals surface area (Å²) in [5.41, 5.74) is 0.566. The molecule has 0 aliphatic heterocycles. The summed E-state index contributed by atoms with van der Waals surface area (Å²) in [4.78, 5) is 13.2. The summed E-state index contributed by atoms with van der Waals surface area (Å²) in [5, 5.41) is 14.8. The SMILES string of the molecule is CCOc1ccccc1N/C(=C\[N+](=O)[O-])N(C(C)C(C)(C)C)C(C)C(C)(C)C. The molecule has 0 fully saturated rings. The third kappa shape index (κ3) is 6.43. The molecule has 2 atom stereocenters. The van der Waals surface area contributed by atoms with Gasteiger partial charge in [-0.15, -0.1) is 0 Å². The molecule has 0 spiro atoms. The topological polar surface area (TPSA) is 67.6 Å². The predicted octanol–water partition coefficient (Wildman–Crippen LogP) is 5.74. The molecule has 0 aliphatic carbocycles. The van der Waals surface area contributed by atoms with E-state index in [0.717, 1.165) is 6.20 Å². The second-order valence-electron chi connectivity index (χ2n) is 9.35. The van der Waals surface area contributed by atoms with Crippen LogP contribution in [0.2, 0.25) is 0 Å². The van der Waals surface area contributed by atoms with Crippen molar-refractivity contribution in [2.24, 2.45) is 10.8 Å². The molecule has 0 radical (unpaired) electrons. The van der Waals surface area contributed by atoms with E-state index in [1.807, 2.05) is 31.2 Å². The minimum absolute atomic E-state index is 0.0553. The monoisotopic (exact) mass is 391 g/mol. The van der Waals surface area contributed by atoms with Crippen LogP contribution in [-0.2, 0) is 0 Å². The highest BCUT2D eigenvalue weighted by molar-refractivity contribution is 5.59. The number of benzene rings is 1. The van der Waals surface area contributed by atoms with Crippen molar-refractivity contribution in [1.29, 1.82) is 0 Å². The maximum Gasteiger partial charge on any atom is 0.274 e. The molecule has 1 aromatic rings. The molecule has 1 rings (SSSR count). The van der Waals surface area contributed by atoms with Crippen molar-refractivity contribution in [3.63, 3.8) is 0 Å². The van der Waals surface area contributed by atoms with Gasteiger partial charge in [0.1, 0.15) is 5.75 Å². The number of nitrogens with zero attached hydrogens (tertiary/aromatic N) is 2. The number of nitrogens with one attached hydrogen (secondary N) is 1. The van der Waals surface area contributed by atoms with E-state index in [9.17, 15) is 10.1 Å². The first kappa shape index (κ1) is 23.8. The summed E-state index contributed by atoms with van der Waals surface area (Å²) in [6.45, 7) is 19.6. The van der Waals surface area contributed by atoms with Crippen LogP contribution < -0.4 is 10.1 Å². The lowest BCUT2D eigenvalue weighted by molar-refractivity contribution is -0.404. The molecule has 0 saturated heterocycles. The molecule has 1 N–H and O–H groups in total. The second-order valence-corrected chi connectivity index (χ2v) is 9.35. The van der Waals surface area contributed by atoms with Crippen LogP contribution in [0.25, 0.3) is 0 Å². The van der Waals surface area contributed by atoms with Gasteiger partial charge in [-0.25, -0.2) is 0 Å². The van der Waals surface area contributed by atoms with E-state index in [0.29, 0.717) is 23.9 Å². The van der Waals surface area contributed by atoms with E-state index in [1.165, 1.54) is 0 Å². The number of para-hydroxylation sites is 2. The Balaban J connectivity index is 3.50. The molecular weight excluding hydrogens is 354 g/mol. The molecule has 6 nitrogen and oxygen atoms in total. The van der Waals surface area contributed by atoms with E-state index in [1.54, 1.807) is 0 Å². The van der Waals surface area contributed by atoms with Gasteiger partial charge in [-0.3, -0.25) is 10.1 Å². The highest BCUT2D eigenvalue weighted by atomic mass is 16.6. The highest BCUT2D eigenvalue weighted by Crippen LogP contribution is 2.36. The van der Waals surface area contributed by atoms with E-state index in [4.69, 9.17) is 4.74 Å². The fraction of sp³-hybridized carbons (Fsp3) is 0.636. The first-order chi connectivity index (χ1) is 12.8. The highest BCUT2D eigenvalue weighted by Gasteiger charge is 2.37. The van der Waals surface area contributed by atoms with Crippen molar-refractivity contribution in [3.05, 3.63) is 46.4 Å². The molecular formula is C22H37N3O3. The number of hydrogen-bond donors (Lipinski definition) is 1. The summed E-state index contributed by atoms with van der Waals surface area (Å²) in [6.07, 6.45) is 1.06. The van der Waals surface area contributed by atoms with Crippen molar-refractivity contribution < 1.29 is 9.66 Å². The molecule has 0 saturated carbocycles. The normalized spacial score (nSPS) is 15.0. The van der Waals surface area contributed by atoms with Crippen molar-refractivity contribution in [3.8, 4) is 5.75 Å². The Hall–Kier alpha value is -2.24. The maximum absolute atomic E-state index is 11.5. The Morgan fingerprint density at radius 1 is 1.14 bits per heavy atom. The van der Waals surface area contributed by atoms with Crippen LogP contribution in [0.15, 0.2) is 36.3 Å². The zero-order chi connectivity index (χ0) is 21.7. The van der Waals surface area contributed by atoms with Gasteiger partial charge in [0.05, 0.1) is 17.2 Å². The number of hydrogen-bond acceptors (Lipinski definition) is 5. The van der Waals surface area contributed by atoms with Crippen molar-refractivity contribution in [1.82, 2.24) is 4.90 Å². The van der Waals surface area contributed by atoms with Gasteiger partial charge in [-0.05, 0) is 43.7 Å². The largest absolute Gasteiger partial charge is 0.492 e. The second kappa shape index (κ2) is 9.30. The molecule has 6 heteroatoms. The average Bonchev–Trinajstić information content (AvgIpc) is 2.54. The van der Waals surface area contributed by atoms with Gasteiger partial charge in [-0.2, -0.15) is 0 Å². The molecule has 158 valence electrons. The molecule has 0 bridgehead atoms. The minimum atomic E-state index is -0.399.